The highest BCUT2D eigenvalue weighted by Gasteiger charge is 2.33. The Morgan fingerprint density at radius 2 is 1.85 bits per heavy atom. The van der Waals surface area contributed by atoms with E-state index >= 15 is 0 Å². The normalized spacial score (nSPS) is 13.4. The summed E-state index contributed by atoms with van der Waals surface area (Å²) in [6.07, 6.45) is 4.78. The molecule has 1 N–H and O–H groups in total. The number of hydrogen-bond donors (Lipinski definition) is 1. The molecule has 0 aliphatic carbocycles. The van der Waals surface area contributed by atoms with E-state index in [1.54, 1.807) is 18.2 Å². The molecular formula is C29H28FN3O6S. The number of fused-ring (bicyclic) bond motifs is 1. The maximum absolute atomic E-state index is 14.1. The van der Waals surface area contributed by atoms with Crippen LogP contribution in [0.5, 0.6) is 17.4 Å². The van der Waals surface area contributed by atoms with Crippen molar-refractivity contribution in [3.8, 4) is 28.5 Å². The van der Waals surface area contributed by atoms with E-state index in [0.29, 0.717) is 47.5 Å². The molecule has 0 saturated carbocycles. The van der Waals surface area contributed by atoms with Crippen LogP contribution in [0.15, 0.2) is 75.5 Å². The van der Waals surface area contributed by atoms with Crippen LogP contribution in [-0.2, 0) is 16.3 Å². The lowest BCUT2D eigenvalue weighted by Gasteiger charge is -2.24. The second-order valence-corrected chi connectivity index (χ2v) is 11.3. The smallest absolute Gasteiger partial charge is 0.277 e. The minimum Gasteiger partial charge on any atom is -0.492 e. The molecule has 4 aromatic rings. The van der Waals surface area contributed by atoms with Gasteiger partial charge in [0.15, 0.2) is 16.4 Å². The third kappa shape index (κ3) is 4.92. The Balaban J connectivity index is 1.65. The number of para-hydroxylation sites is 1. The van der Waals surface area contributed by atoms with Crippen LogP contribution in [0.1, 0.15) is 50.5 Å². The summed E-state index contributed by atoms with van der Waals surface area (Å²) in [7, 11) is -4.49. The van der Waals surface area contributed by atoms with Crippen molar-refractivity contribution in [1.29, 1.82) is 0 Å². The number of sulfone groups is 1. The molecule has 9 nitrogen and oxygen atoms in total. The second-order valence-electron chi connectivity index (χ2n) is 9.38. The largest absolute Gasteiger partial charge is 0.492 e. The maximum Gasteiger partial charge on any atom is 0.277 e. The summed E-state index contributed by atoms with van der Waals surface area (Å²) < 4.78 is 53.7. The van der Waals surface area contributed by atoms with Gasteiger partial charge in [-0.05, 0) is 42.7 Å². The predicted octanol–water partition coefficient (Wildman–Crippen LogP) is 5.05. The van der Waals surface area contributed by atoms with Crippen molar-refractivity contribution in [2.75, 3.05) is 6.79 Å². The van der Waals surface area contributed by atoms with E-state index in [4.69, 9.17) is 9.47 Å². The average Bonchev–Trinajstić information content (AvgIpc) is 3.43. The first-order chi connectivity index (χ1) is 19.3. The molecule has 5 rings (SSSR count). The summed E-state index contributed by atoms with van der Waals surface area (Å²) in [5.41, 5.74) is 0.775. The first-order valence-electron chi connectivity index (χ1n) is 12.9. The molecule has 0 unspecified atom stereocenters. The third-order valence-electron chi connectivity index (χ3n) is 6.84. The maximum atomic E-state index is 14.1. The average molecular weight is 566 g/mol. The van der Waals surface area contributed by atoms with Gasteiger partial charge in [0.2, 0.25) is 22.5 Å². The van der Waals surface area contributed by atoms with Gasteiger partial charge in [-0.15, -0.1) is 0 Å². The van der Waals surface area contributed by atoms with Gasteiger partial charge in [-0.1, -0.05) is 44.5 Å². The number of aromatic hydroxyl groups is 1. The van der Waals surface area contributed by atoms with Gasteiger partial charge >= 0.3 is 0 Å². The predicted molar refractivity (Wildman–Crippen MR) is 145 cm³/mol. The van der Waals surface area contributed by atoms with Crippen LogP contribution in [0.4, 0.5) is 4.39 Å². The summed E-state index contributed by atoms with van der Waals surface area (Å²) >= 11 is 0. The molecule has 0 amide bonds. The number of unbranched alkanes of at least 4 members (excludes halogenated alkanes) is 1. The number of pyridine rings is 1. The first-order valence-corrected chi connectivity index (χ1v) is 14.4. The quantitative estimate of drug-likeness (QED) is 0.299. The minimum atomic E-state index is -4.49. The molecule has 3 heterocycles. The van der Waals surface area contributed by atoms with Gasteiger partial charge in [0.05, 0.1) is 17.1 Å². The van der Waals surface area contributed by atoms with E-state index in [0.717, 1.165) is 12.6 Å². The molecule has 1 aliphatic rings. The standard InChI is InChI=1S/C29H28FN3O6S/c1-3-5-9-25-32-28(34)27(29(35)33(25)23(4-2)22-7-6-8-24-26(22)39-17-38-24)40(36,37)21-12-10-18(11-13-21)19-14-20(30)16-31-15-19/h6-8,10-16,23,34H,3-5,9,17H2,1-2H3/t23-/m1/s1. The molecule has 40 heavy (non-hydrogen) atoms. The van der Waals surface area contributed by atoms with E-state index < -0.39 is 38.0 Å². The lowest BCUT2D eigenvalue weighted by molar-refractivity contribution is 0.172. The number of benzene rings is 2. The minimum absolute atomic E-state index is 0.0372. The van der Waals surface area contributed by atoms with Gasteiger partial charge in [-0.2, -0.15) is 4.98 Å². The molecular weight excluding hydrogens is 537 g/mol. The number of halogens is 1. The SMILES string of the molecule is CCCCc1nc(O)c(S(=O)(=O)c2ccc(-c3cncc(F)c3)cc2)c(=O)n1[C@H](CC)c1cccc2c1OCO2. The van der Waals surface area contributed by atoms with Gasteiger partial charge in [0.1, 0.15) is 11.6 Å². The second kappa shape index (κ2) is 11.1. The highest BCUT2D eigenvalue weighted by molar-refractivity contribution is 7.91. The van der Waals surface area contributed by atoms with Crippen molar-refractivity contribution in [3.63, 3.8) is 0 Å². The Labute approximate surface area is 230 Å². The monoisotopic (exact) mass is 565 g/mol. The fourth-order valence-electron chi connectivity index (χ4n) is 4.89. The first kappa shape index (κ1) is 27.3. The van der Waals surface area contributed by atoms with E-state index in [1.165, 1.54) is 41.1 Å². The molecule has 0 bridgehead atoms. The van der Waals surface area contributed by atoms with Gasteiger partial charge < -0.3 is 14.6 Å². The van der Waals surface area contributed by atoms with E-state index in [1.807, 2.05) is 13.8 Å². The summed E-state index contributed by atoms with van der Waals surface area (Å²) in [4.78, 5) is 21.1. The van der Waals surface area contributed by atoms with Crippen molar-refractivity contribution < 1.29 is 27.4 Å². The Morgan fingerprint density at radius 3 is 2.55 bits per heavy atom. The summed E-state index contributed by atoms with van der Waals surface area (Å²) in [6, 6.07) is 11.6. The van der Waals surface area contributed by atoms with Crippen molar-refractivity contribution in [2.45, 2.75) is 55.4 Å². The topological polar surface area (TPSA) is 121 Å². The molecule has 208 valence electrons. The van der Waals surface area contributed by atoms with Crippen molar-refractivity contribution in [3.05, 3.63) is 88.5 Å². The molecule has 0 radical (unpaired) electrons. The van der Waals surface area contributed by atoms with Gasteiger partial charge in [-0.25, -0.2) is 12.8 Å². The summed E-state index contributed by atoms with van der Waals surface area (Å²) in [5.74, 6) is -0.0746. The molecule has 1 atom stereocenters. The molecule has 0 saturated heterocycles. The van der Waals surface area contributed by atoms with Crippen LogP contribution in [0, 0.1) is 5.82 Å². The fraction of sp³-hybridized carbons (Fsp3) is 0.276. The lowest BCUT2D eigenvalue weighted by Crippen LogP contribution is -2.33. The zero-order valence-corrected chi connectivity index (χ0v) is 22.8. The van der Waals surface area contributed by atoms with Gasteiger partial charge in [0, 0.05) is 23.7 Å². The number of nitrogens with zero attached hydrogens (tertiary/aromatic N) is 3. The lowest BCUT2D eigenvalue weighted by atomic mass is 10.0. The van der Waals surface area contributed by atoms with Crippen LogP contribution in [-0.4, -0.2) is 34.9 Å². The van der Waals surface area contributed by atoms with Crippen molar-refractivity contribution in [1.82, 2.24) is 14.5 Å². The van der Waals surface area contributed by atoms with E-state index in [9.17, 15) is 22.7 Å². The molecule has 2 aromatic carbocycles. The van der Waals surface area contributed by atoms with E-state index in [2.05, 4.69) is 9.97 Å². The summed E-state index contributed by atoms with van der Waals surface area (Å²) in [6.45, 7) is 3.89. The van der Waals surface area contributed by atoms with E-state index in [-0.39, 0.29) is 17.5 Å². The fourth-order valence-corrected chi connectivity index (χ4v) is 6.23. The third-order valence-corrected chi connectivity index (χ3v) is 8.63. The van der Waals surface area contributed by atoms with Gasteiger partial charge in [-0.3, -0.25) is 14.3 Å². The molecule has 1 aliphatic heterocycles. The zero-order chi connectivity index (χ0) is 28.4. The van der Waals surface area contributed by atoms with Crippen LogP contribution < -0.4 is 15.0 Å². The number of ether oxygens (including phenoxy) is 2. The van der Waals surface area contributed by atoms with Crippen LogP contribution >= 0.6 is 0 Å². The molecule has 0 fully saturated rings. The Kier molecular flexibility index (Phi) is 7.57. The Morgan fingerprint density at radius 1 is 1.07 bits per heavy atom. The van der Waals surface area contributed by atoms with Crippen LogP contribution in [0.3, 0.4) is 0 Å². The number of aryl methyl sites for hydroxylation is 1. The van der Waals surface area contributed by atoms with Crippen molar-refractivity contribution >= 4 is 9.84 Å². The molecule has 11 heteroatoms. The highest BCUT2D eigenvalue weighted by Crippen LogP contribution is 2.41. The Hall–Kier alpha value is -4.25. The van der Waals surface area contributed by atoms with Crippen molar-refractivity contribution in [2.24, 2.45) is 0 Å². The Bertz CT molecular complexity index is 1720. The van der Waals surface area contributed by atoms with Crippen LogP contribution in [0.25, 0.3) is 11.1 Å². The zero-order valence-electron chi connectivity index (χ0n) is 22.0. The molecule has 0 spiro atoms. The number of hydrogen-bond acceptors (Lipinski definition) is 8. The number of rotatable bonds is 9. The summed E-state index contributed by atoms with van der Waals surface area (Å²) in [5, 5.41) is 10.8. The van der Waals surface area contributed by atoms with Crippen LogP contribution in [0.2, 0.25) is 0 Å². The van der Waals surface area contributed by atoms with Gasteiger partial charge in [0.25, 0.3) is 5.56 Å². The highest BCUT2D eigenvalue weighted by atomic mass is 32.2. The number of aromatic nitrogens is 3. The molecule has 2 aromatic heterocycles.